The molecule has 0 radical (unpaired) electrons. The summed E-state index contributed by atoms with van der Waals surface area (Å²) in [5.74, 6) is 1.73. The van der Waals surface area contributed by atoms with Crippen LogP contribution >= 0.6 is 0 Å². The zero-order chi connectivity index (χ0) is 27.2. The molecule has 1 aliphatic heterocycles. The van der Waals surface area contributed by atoms with Gasteiger partial charge in [-0.05, 0) is 67.6 Å². The molecule has 1 fully saturated rings. The first-order valence-corrected chi connectivity index (χ1v) is 12.3. The smallest absolute Gasteiger partial charge is 0.310 e. The number of esters is 1. The summed E-state index contributed by atoms with van der Waals surface area (Å²) in [4.78, 5) is 18.9. The van der Waals surface area contributed by atoms with Gasteiger partial charge in [0.15, 0.2) is 11.6 Å². The second-order valence-electron chi connectivity index (χ2n) is 9.34. The van der Waals surface area contributed by atoms with Crippen molar-refractivity contribution in [2.24, 2.45) is 11.8 Å². The average molecular weight is 527 g/mol. The summed E-state index contributed by atoms with van der Waals surface area (Å²) in [6, 6.07) is 8.62. The van der Waals surface area contributed by atoms with Crippen LogP contribution in [0.4, 0.5) is 13.2 Å². The van der Waals surface area contributed by atoms with E-state index in [-0.39, 0.29) is 24.0 Å². The van der Waals surface area contributed by atoms with E-state index in [9.17, 15) is 23.1 Å². The predicted octanol–water partition coefficient (Wildman–Crippen LogP) is 4.64. The standard InChI is InChI=1S/C29H29F3N2O4/c1-37-21-6-7-26-23(16-21)22(9-11-33-26)27(35)8-5-18-10-13-34(17-24(18)29(36)38-2)12-3-4-19-14-20(30)15-25(31)28(19)32/h6-7,9,11,14-16,18,24,27,35H,5,8,10,12-13,17H2,1-2H3/t18-,24+,27?/m1/s1. The first-order valence-electron chi connectivity index (χ1n) is 12.3. The Morgan fingerprint density at radius 1 is 1.21 bits per heavy atom. The third-order valence-electron chi connectivity index (χ3n) is 7.02. The van der Waals surface area contributed by atoms with Gasteiger partial charge in [0, 0.05) is 24.2 Å². The Labute approximate surface area is 219 Å². The molecule has 0 bridgehead atoms. The van der Waals surface area contributed by atoms with Gasteiger partial charge in [-0.25, -0.2) is 13.2 Å². The Balaban J connectivity index is 1.41. The molecule has 9 heteroatoms. The number of halogens is 3. The van der Waals surface area contributed by atoms with Crippen molar-refractivity contribution in [1.82, 2.24) is 9.88 Å². The maximum atomic E-state index is 13.9. The molecule has 0 amide bonds. The van der Waals surface area contributed by atoms with Crippen LogP contribution in [0.15, 0.2) is 42.6 Å². The highest BCUT2D eigenvalue weighted by Gasteiger charge is 2.35. The summed E-state index contributed by atoms with van der Waals surface area (Å²) in [7, 11) is 2.92. The largest absolute Gasteiger partial charge is 0.497 e. The maximum Gasteiger partial charge on any atom is 0.310 e. The Kier molecular flexibility index (Phi) is 8.87. The number of carbonyl (C=O) groups excluding carboxylic acids is 1. The molecule has 4 rings (SSSR count). The summed E-state index contributed by atoms with van der Waals surface area (Å²) in [5, 5.41) is 11.8. The Morgan fingerprint density at radius 2 is 2.03 bits per heavy atom. The van der Waals surface area contributed by atoms with Crippen molar-refractivity contribution >= 4 is 16.9 Å². The zero-order valence-corrected chi connectivity index (χ0v) is 21.2. The van der Waals surface area contributed by atoms with Crippen LogP contribution in [0.1, 0.15) is 36.5 Å². The molecule has 2 heterocycles. The number of pyridine rings is 1. The van der Waals surface area contributed by atoms with E-state index in [0.717, 1.165) is 22.5 Å². The highest BCUT2D eigenvalue weighted by molar-refractivity contribution is 5.83. The minimum atomic E-state index is -1.29. The Bertz CT molecular complexity index is 1370. The van der Waals surface area contributed by atoms with E-state index in [2.05, 4.69) is 16.8 Å². The van der Waals surface area contributed by atoms with E-state index in [1.807, 2.05) is 23.1 Å². The van der Waals surface area contributed by atoms with Crippen LogP contribution in [-0.4, -0.2) is 54.8 Å². The van der Waals surface area contributed by atoms with Gasteiger partial charge in [-0.2, -0.15) is 0 Å². The molecule has 6 nitrogen and oxygen atoms in total. The van der Waals surface area contributed by atoms with Crippen LogP contribution in [0, 0.1) is 41.1 Å². The molecule has 0 saturated carbocycles. The number of aliphatic hydroxyl groups excluding tert-OH is 1. The van der Waals surface area contributed by atoms with Gasteiger partial charge in [-0.1, -0.05) is 11.8 Å². The van der Waals surface area contributed by atoms with Crippen LogP contribution in [-0.2, 0) is 9.53 Å². The van der Waals surface area contributed by atoms with Crippen LogP contribution in [0.25, 0.3) is 10.9 Å². The summed E-state index contributed by atoms with van der Waals surface area (Å²) >= 11 is 0. The topological polar surface area (TPSA) is 71.9 Å². The third-order valence-corrected chi connectivity index (χ3v) is 7.02. The molecule has 1 aliphatic rings. The summed E-state index contributed by atoms with van der Waals surface area (Å²) in [6.07, 6.45) is 2.62. The molecule has 0 aliphatic carbocycles. The van der Waals surface area contributed by atoms with Crippen LogP contribution in [0.5, 0.6) is 5.75 Å². The van der Waals surface area contributed by atoms with Gasteiger partial charge in [-0.3, -0.25) is 14.7 Å². The van der Waals surface area contributed by atoms with E-state index in [1.165, 1.54) is 7.11 Å². The molecule has 38 heavy (non-hydrogen) atoms. The molecule has 0 spiro atoms. The van der Waals surface area contributed by atoms with Gasteiger partial charge in [0.1, 0.15) is 11.6 Å². The summed E-state index contributed by atoms with van der Waals surface area (Å²) in [6.45, 7) is 1.20. The number of nitrogens with zero attached hydrogens (tertiary/aromatic N) is 2. The molecule has 200 valence electrons. The SMILES string of the molecule is COC(=O)[C@H]1CN(CC#Cc2cc(F)cc(F)c2F)CC[C@H]1CCC(O)c1ccnc2ccc(OC)cc12. The zero-order valence-electron chi connectivity index (χ0n) is 21.2. The lowest BCUT2D eigenvalue weighted by atomic mass is 9.81. The Hall–Kier alpha value is -3.61. The molecule has 1 N–H and O–H groups in total. The predicted molar refractivity (Wildman–Crippen MR) is 136 cm³/mol. The number of likely N-dealkylation sites (tertiary alicyclic amines) is 1. The van der Waals surface area contributed by atoms with Gasteiger partial charge in [0.05, 0.1) is 43.9 Å². The highest BCUT2D eigenvalue weighted by Crippen LogP contribution is 2.34. The lowest BCUT2D eigenvalue weighted by molar-refractivity contribution is -0.150. The number of aromatic nitrogens is 1. The fourth-order valence-electron chi connectivity index (χ4n) is 4.96. The van der Waals surface area contributed by atoms with Crippen molar-refractivity contribution in [3.05, 3.63) is 71.2 Å². The summed E-state index contributed by atoms with van der Waals surface area (Å²) in [5.41, 5.74) is 1.15. The van der Waals surface area contributed by atoms with Gasteiger partial charge >= 0.3 is 5.97 Å². The molecule has 1 aromatic heterocycles. The number of aliphatic hydroxyl groups is 1. The van der Waals surface area contributed by atoms with Gasteiger partial charge in [0.25, 0.3) is 0 Å². The van der Waals surface area contributed by atoms with Crippen LogP contribution in [0.3, 0.4) is 0 Å². The molecule has 1 unspecified atom stereocenters. The van der Waals surface area contributed by atoms with E-state index in [1.54, 1.807) is 19.4 Å². The van der Waals surface area contributed by atoms with Crippen molar-refractivity contribution in [3.63, 3.8) is 0 Å². The minimum Gasteiger partial charge on any atom is -0.497 e. The van der Waals surface area contributed by atoms with E-state index in [4.69, 9.17) is 9.47 Å². The van der Waals surface area contributed by atoms with Gasteiger partial charge < -0.3 is 14.6 Å². The molecular formula is C29H29F3N2O4. The van der Waals surface area contributed by atoms with Crippen LogP contribution in [0.2, 0.25) is 0 Å². The quantitative estimate of drug-likeness (QED) is 0.275. The van der Waals surface area contributed by atoms with Crippen molar-refractivity contribution in [3.8, 4) is 17.6 Å². The van der Waals surface area contributed by atoms with Crippen molar-refractivity contribution in [1.29, 1.82) is 0 Å². The van der Waals surface area contributed by atoms with Gasteiger partial charge in [0.2, 0.25) is 0 Å². The first-order chi connectivity index (χ1) is 18.3. The van der Waals surface area contributed by atoms with Gasteiger partial charge in [-0.15, -0.1) is 0 Å². The Morgan fingerprint density at radius 3 is 2.79 bits per heavy atom. The fourth-order valence-corrected chi connectivity index (χ4v) is 4.96. The lowest BCUT2D eigenvalue weighted by Gasteiger charge is -2.36. The monoisotopic (exact) mass is 526 g/mol. The van der Waals surface area contributed by atoms with E-state index in [0.29, 0.717) is 44.2 Å². The van der Waals surface area contributed by atoms with Crippen molar-refractivity contribution < 1.29 is 32.5 Å². The number of hydrogen-bond acceptors (Lipinski definition) is 6. The number of carbonyl (C=O) groups is 1. The number of ether oxygens (including phenoxy) is 2. The number of benzene rings is 2. The van der Waals surface area contributed by atoms with E-state index >= 15 is 0 Å². The average Bonchev–Trinajstić information content (AvgIpc) is 2.93. The lowest BCUT2D eigenvalue weighted by Crippen LogP contribution is -2.44. The molecule has 3 atom stereocenters. The maximum absolute atomic E-state index is 13.9. The number of methoxy groups -OCH3 is 2. The molecule has 2 aromatic carbocycles. The summed E-state index contributed by atoms with van der Waals surface area (Å²) < 4.78 is 51.0. The normalized spacial score (nSPS) is 18.5. The first kappa shape index (κ1) is 27.4. The molecular weight excluding hydrogens is 497 g/mol. The number of rotatable bonds is 7. The van der Waals surface area contributed by atoms with Crippen molar-refractivity contribution in [2.75, 3.05) is 33.9 Å². The molecule has 3 aromatic rings. The molecule has 1 saturated heterocycles. The third kappa shape index (κ3) is 6.26. The van der Waals surface area contributed by atoms with E-state index < -0.39 is 29.5 Å². The van der Waals surface area contributed by atoms with Crippen molar-refractivity contribution in [2.45, 2.75) is 25.4 Å². The van der Waals surface area contributed by atoms with Crippen LogP contribution < -0.4 is 4.74 Å². The highest BCUT2D eigenvalue weighted by atomic mass is 19.2. The second kappa shape index (κ2) is 12.3. The number of piperidine rings is 1. The minimum absolute atomic E-state index is 0.0151. The fraction of sp³-hybridized carbons (Fsp3) is 0.379. The number of hydrogen-bond donors (Lipinski definition) is 1. The second-order valence-corrected chi connectivity index (χ2v) is 9.34. The number of fused-ring (bicyclic) bond motifs is 1.